The minimum absolute atomic E-state index is 0.134. The highest BCUT2D eigenvalue weighted by atomic mass is 16.4. The van der Waals surface area contributed by atoms with Crippen LogP contribution in [-0.4, -0.2) is 23.0 Å². The van der Waals surface area contributed by atoms with Crippen molar-refractivity contribution in [2.45, 2.75) is 117 Å². The van der Waals surface area contributed by atoms with Crippen molar-refractivity contribution in [1.29, 1.82) is 0 Å². The predicted molar refractivity (Wildman–Crippen MR) is 114 cm³/mol. The van der Waals surface area contributed by atoms with Gasteiger partial charge in [0.2, 0.25) is 5.91 Å². The Hall–Kier alpha value is -1.32. The second-order valence-electron chi connectivity index (χ2n) is 8.07. The van der Waals surface area contributed by atoms with Crippen LogP contribution in [0, 0.1) is 5.92 Å². The molecule has 27 heavy (non-hydrogen) atoms. The van der Waals surface area contributed by atoms with E-state index in [0.717, 1.165) is 25.7 Å². The highest BCUT2D eigenvalue weighted by Crippen LogP contribution is 2.10. The number of carboxylic acid groups (broad SMARTS) is 1. The molecule has 1 atom stereocenters. The van der Waals surface area contributed by atoms with Crippen LogP contribution in [0.25, 0.3) is 0 Å². The van der Waals surface area contributed by atoms with Gasteiger partial charge in [-0.3, -0.25) is 4.79 Å². The molecule has 1 amide bonds. The highest BCUT2D eigenvalue weighted by Gasteiger charge is 2.20. The number of unbranched alkanes of at least 4 members (excludes halogenated alkanes) is 10. The van der Waals surface area contributed by atoms with E-state index in [-0.39, 0.29) is 11.8 Å². The van der Waals surface area contributed by atoms with E-state index in [0.29, 0.717) is 12.8 Å². The minimum atomic E-state index is -0.939. The van der Waals surface area contributed by atoms with Crippen LogP contribution in [0.3, 0.4) is 0 Å². The normalized spacial score (nSPS) is 12.6. The van der Waals surface area contributed by atoms with E-state index in [1.54, 1.807) is 0 Å². The summed E-state index contributed by atoms with van der Waals surface area (Å²) in [7, 11) is 0. The smallest absolute Gasteiger partial charge is 0.326 e. The maximum Gasteiger partial charge on any atom is 0.326 e. The zero-order valence-electron chi connectivity index (χ0n) is 18.0. The van der Waals surface area contributed by atoms with E-state index in [1.807, 2.05) is 13.8 Å². The lowest BCUT2D eigenvalue weighted by Crippen LogP contribution is -2.41. The molecule has 0 aliphatic heterocycles. The summed E-state index contributed by atoms with van der Waals surface area (Å²) in [5, 5.41) is 11.8. The molecule has 2 N–H and O–H groups in total. The van der Waals surface area contributed by atoms with Gasteiger partial charge < -0.3 is 10.4 Å². The number of amides is 1. The molecule has 0 aromatic carbocycles. The van der Waals surface area contributed by atoms with Crippen molar-refractivity contribution in [3.8, 4) is 0 Å². The molecule has 0 heterocycles. The van der Waals surface area contributed by atoms with E-state index < -0.39 is 12.0 Å². The summed E-state index contributed by atoms with van der Waals surface area (Å²) in [5.74, 6) is -0.822. The van der Waals surface area contributed by atoms with E-state index in [1.165, 1.54) is 51.4 Å². The Morgan fingerprint density at radius 1 is 0.852 bits per heavy atom. The van der Waals surface area contributed by atoms with Gasteiger partial charge in [0.15, 0.2) is 0 Å². The van der Waals surface area contributed by atoms with Gasteiger partial charge in [-0.1, -0.05) is 77.9 Å². The molecule has 4 nitrogen and oxygen atoms in total. The number of allylic oxidation sites excluding steroid dienone is 2. The third-order valence-corrected chi connectivity index (χ3v) is 4.76. The summed E-state index contributed by atoms with van der Waals surface area (Å²) in [5.41, 5.74) is 0. The first-order valence-corrected chi connectivity index (χ1v) is 11.1. The molecule has 0 fully saturated rings. The molecule has 4 heteroatoms. The maximum atomic E-state index is 11.9. The average Bonchev–Trinajstić information content (AvgIpc) is 2.61. The molecule has 0 radical (unpaired) electrons. The third kappa shape index (κ3) is 17.8. The van der Waals surface area contributed by atoms with Crippen molar-refractivity contribution in [1.82, 2.24) is 5.32 Å². The van der Waals surface area contributed by atoms with Gasteiger partial charge >= 0.3 is 5.97 Å². The fourth-order valence-corrected chi connectivity index (χ4v) is 3.14. The van der Waals surface area contributed by atoms with Crippen molar-refractivity contribution < 1.29 is 14.7 Å². The zero-order valence-corrected chi connectivity index (χ0v) is 18.0. The molecule has 0 aromatic rings. The molecule has 0 spiro atoms. The number of aliphatic carboxylic acids is 1. The standard InChI is InChI=1S/C23H43NO3/c1-4-5-6-7-8-9-10-11-12-13-14-15-16-17-18-22(25)24-21(23(26)27)19-20(2)3/h10-11,20-21H,4-9,12-19H2,1-3H3,(H,24,25)(H,26,27)/b11-10-/t21-/m0/s1. The summed E-state index contributed by atoms with van der Waals surface area (Å²) in [6.45, 7) is 6.17. The van der Waals surface area contributed by atoms with Gasteiger partial charge in [0.05, 0.1) is 0 Å². The molecular weight excluding hydrogens is 338 g/mol. The number of rotatable bonds is 18. The van der Waals surface area contributed by atoms with E-state index >= 15 is 0 Å². The van der Waals surface area contributed by atoms with Crippen LogP contribution < -0.4 is 5.32 Å². The summed E-state index contributed by atoms with van der Waals surface area (Å²) < 4.78 is 0. The molecule has 158 valence electrons. The third-order valence-electron chi connectivity index (χ3n) is 4.76. The van der Waals surface area contributed by atoms with Crippen LogP contribution in [0.4, 0.5) is 0 Å². The average molecular weight is 382 g/mol. The fourth-order valence-electron chi connectivity index (χ4n) is 3.14. The predicted octanol–water partition coefficient (Wildman–Crippen LogP) is 6.25. The number of carboxylic acids is 1. The summed E-state index contributed by atoms with van der Waals surface area (Å²) in [4.78, 5) is 23.0. The quantitative estimate of drug-likeness (QED) is 0.218. The number of carbonyl (C=O) groups excluding carboxylic acids is 1. The molecule has 0 saturated carbocycles. The van der Waals surface area contributed by atoms with Gasteiger partial charge in [-0.15, -0.1) is 0 Å². The maximum absolute atomic E-state index is 11.9. The molecule has 0 bridgehead atoms. The summed E-state index contributed by atoms with van der Waals surface area (Å²) in [6, 6.07) is -0.754. The Balaban J connectivity index is 3.52. The number of hydrogen-bond donors (Lipinski definition) is 2. The second-order valence-corrected chi connectivity index (χ2v) is 8.07. The lowest BCUT2D eigenvalue weighted by molar-refractivity contribution is -0.142. The van der Waals surface area contributed by atoms with Gasteiger partial charge in [-0.05, 0) is 44.4 Å². The van der Waals surface area contributed by atoms with E-state index in [2.05, 4.69) is 24.4 Å². The van der Waals surface area contributed by atoms with E-state index in [9.17, 15) is 9.59 Å². The Morgan fingerprint density at radius 2 is 1.37 bits per heavy atom. The molecule has 0 saturated heterocycles. The van der Waals surface area contributed by atoms with Crippen molar-refractivity contribution >= 4 is 11.9 Å². The van der Waals surface area contributed by atoms with Gasteiger partial charge in [0.1, 0.15) is 6.04 Å². The van der Waals surface area contributed by atoms with Crippen LogP contribution in [0.15, 0.2) is 12.2 Å². The highest BCUT2D eigenvalue weighted by molar-refractivity contribution is 5.83. The number of hydrogen-bond acceptors (Lipinski definition) is 2. The molecule has 0 aliphatic carbocycles. The fraction of sp³-hybridized carbons (Fsp3) is 0.826. The first-order valence-electron chi connectivity index (χ1n) is 11.1. The molecule has 0 unspecified atom stereocenters. The molecular formula is C23H43NO3. The van der Waals surface area contributed by atoms with Gasteiger partial charge in [0.25, 0.3) is 0 Å². The van der Waals surface area contributed by atoms with Crippen molar-refractivity contribution in [2.24, 2.45) is 5.92 Å². The van der Waals surface area contributed by atoms with Crippen LogP contribution in [-0.2, 0) is 9.59 Å². The molecule has 0 rings (SSSR count). The Morgan fingerprint density at radius 3 is 1.89 bits per heavy atom. The lowest BCUT2D eigenvalue weighted by atomic mass is 10.0. The number of carbonyl (C=O) groups is 2. The van der Waals surface area contributed by atoms with Gasteiger partial charge in [-0.2, -0.15) is 0 Å². The molecule has 0 aromatic heterocycles. The SMILES string of the molecule is CCCCCCC/C=C\CCCCCCCC(=O)N[C@@H](CC(C)C)C(=O)O. The zero-order chi connectivity index (χ0) is 20.3. The van der Waals surface area contributed by atoms with Crippen molar-refractivity contribution in [3.05, 3.63) is 12.2 Å². The van der Waals surface area contributed by atoms with Crippen LogP contribution in [0.5, 0.6) is 0 Å². The first-order chi connectivity index (χ1) is 13.0. The lowest BCUT2D eigenvalue weighted by Gasteiger charge is -2.16. The van der Waals surface area contributed by atoms with Crippen LogP contribution in [0.1, 0.15) is 111 Å². The Kier molecular flexibility index (Phi) is 17.2. The summed E-state index contributed by atoms with van der Waals surface area (Å²) >= 11 is 0. The second kappa shape index (κ2) is 18.1. The topological polar surface area (TPSA) is 66.4 Å². The largest absolute Gasteiger partial charge is 0.480 e. The van der Waals surface area contributed by atoms with Crippen LogP contribution in [0.2, 0.25) is 0 Å². The Bertz CT molecular complexity index is 404. The Labute approximate surface area is 167 Å². The number of nitrogens with one attached hydrogen (secondary N) is 1. The summed E-state index contributed by atoms with van der Waals surface area (Å²) in [6.07, 6.45) is 20.1. The van der Waals surface area contributed by atoms with Gasteiger partial charge in [-0.25, -0.2) is 4.79 Å². The van der Waals surface area contributed by atoms with Crippen LogP contribution >= 0.6 is 0 Å². The van der Waals surface area contributed by atoms with Crippen molar-refractivity contribution in [3.63, 3.8) is 0 Å². The first kappa shape index (κ1) is 25.7. The van der Waals surface area contributed by atoms with Gasteiger partial charge in [0, 0.05) is 6.42 Å². The minimum Gasteiger partial charge on any atom is -0.480 e. The monoisotopic (exact) mass is 381 g/mol. The van der Waals surface area contributed by atoms with Crippen molar-refractivity contribution in [2.75, 3.05) is 0 Å². The molecule has 0 aliphatic rings. The van der Waals surface area contributed by atoms with E-state index in [4.69, 9.17) is 5.11 Å².